The first-order valence-corrected chi connectivity index (χ1v) is 7.16. The van der Waals surface area contributed by atoms with Crippen molar-refractivity contribution in [2.75, 3.05) is 20.2 Å². The zero-order valence-corrected chi connectivity index (χ0v) is 12.2. The van der Waals surface area contributed by atoms with Gasteiger partial charge in [-0.15, -0.1) is 0 Å². The van der Waals surface area contributed by atoms with E-state index in [1.54, 1.807) is 7.11 Å². The molecule has 1 saturated heterocycles. The van der Waals surface area contributed by atoms with Crippen LogP contribution in [-0.2, 0) is 5.60 Å². The molecule has 1 fully saturated rings. The molecule has 19 heavy (non-hydrogen) atoms. The van der Waals surface area contributed by atoms with Crippen LogP contribution in [-0.4, -0.2) is 36.2 Å². The predicted octanol–water partition coefficient (Wildman–Crippen LogP) is 2.78. The zero-order chi connectivity index (χ0) is 13.9. The molecule has 1 aliphatic rings. The summed E-state index contributed by atoms with van der Waals surface area (Å²) in [5, 5.41) is 11.0. The first-order chi connectivity index (χ1) is 9.05. The Labute approximate surface area is 116 Å². The van der Waals surface area contributed by atoms with Crippen LogP contribution in [0.15, 0.2) is 24.3 Å². The number of aliphatic hydroxyl groups is 1. The van der Waals surface area contributed by atoms with Gasteiger partial charge >= 0.3 is 0 Å². The van der Waals surface area contributed by atoms with Gasteiger partial charge in [-0.2, -0.15) is 0 Å². The van der Waals surface area contributed by atoms with Crippen molar-refractivity contribution in [3.63, 3.8) is 0 Å². The highest BCUT2D eigenvalue weighted by Gasteiger charge is 2.32. The maximum atomic E-state index is 11.0. The highest BCUT2D eigenvalue weighted by atomic mass is 16.5. The smallest absolute Gasteiger partial charge is 0.119 e. The van der Waals surface area contributed by atoms with E-state index < -0.39 is 5.60 Å². The van der Waals surface area contributed by atoms with Gasteiger partial charge in [0, 0.05) is 12.6 Å². The van der Waals surface area contributed by atoms with Gasteiger partial charge in [-0.25, -0.2) is 0 Å². The molecule has 3 heteroatoms. The summed E-state index contributed by atoms with van der Waals surface area (Å²) < 4.78 is 5.26. The maximum Gasteiger partial charge on any atom is 0.119 e. The molecule has 1 atom stereocenters. The van der Waals surface area contributed by atoms with Gasteiger partial charge < -0.3 is 14.7 Å². The molecule has 0 amide bonds. The molecule has 1 aromatic rings. The topological polar surface area (TPSA) is 32.7 Å². The fraction of sp³-hybridized carbons (Fsp3) is 0.625. The molecule has 0 bridgehead atoms. The summed E-state index contributed by atoms with van der Waals surface area (Å²) in [6.07, 6.45) is 2.65. The fourth-order valence-electron chi connectivity index (χ4n) is 2.86. The SMILES string of the molecule is COc1cccc(C2(O)CCCN(C(C)C)CC2)c1. The van der Waals surface area contributed by atoms with Crippen LogP contribution in [0.4, 0.5) is 0 Å². The van der Waals surface area contributed by atoms with Gasteiger partial charge in [0.05, 0.1) is 12.7 Å². The third-order valence-electron chi connectivity index (χ3n) is 4.19. The maximum absolute atomic E-state index is 11.0. The van der Waals surface area contributed by atoms with E-state index >= 15 is 0 Å². The normalized spacial score (nSPS) is 25.3. The van der Waals surface area contributed by atoms with E-state index in [2.05, 4.69) is 18.7 Å². The molecule has 0 aliphatic carbocycles. The largest absolute Gasteiger partial charge is 0.497 e. The van der Waals surface area contributed by atoms with Gasteiger partial charge in [-0.05, 0) is 57.4 Å². The van der Waals surface area contributed by atoms with Crippen LogP contribution in [0.25, 0.3) is 0 Å². The lowest BCUT2D eigenvalue weighted by Gasteiger charge is -2.28. The molecule has 1 heterocycles. The molecular formula is C16H25NO2. The minimum absolute atomic E-state index is 0.549. The minimum Gasteiger partial charge on any atom is -0.497 e. The molecule has 1 N–H and O–H groups in total. The molecule has 106 valence electrons. The highest BCUT2D eigenvalue weighted by Crippen LogP contribution is 2.34. The van der Waals surface area contributed by atoms with Crippen molar-refractivity contribution >= 4 is 0 Å². The zero-order valence-electron chi connectivity index (χ0n) is 12.2. The first-order valence-electron chi connectivity index (χ1n) is 7.16. The summed E-state index contributed by atoms with van der Waals surface area (Å²) in [6.45, 7) is 6.46. The third-order valence-corrected chi connectivity index (χ3v) is 4.19. The van der Waals surface area contributed by atoms with E-state index in [1.807, 2.05) is 24.3 Å². The number of rotatable bonds is 3. The van der Waals surface area contributed by atoms with Crippen LogP contribution >= 0.6 is 0 Å². The molecule has 1 aromatic carbocycles. The fourth-order valence-corrected chi connectivity index (χ4v) is 2.86. The van der Waals surface area contributed by atoms with E-state index in [0.717, 1.165) is 43.7 Å². The van der Waals surface area contributed by atoms with E-state index in [9.17, 15) is 5.11 Å². The second-order valence-electron chi connectivity index (χ2n) is 5.75. The Kier molecular flexibility index (Phi) is 4.48. The van der Waals surface area contributed by atoms with Crippen LogP contribution < -0.4 is 4.74 Å². The summed E-state index contributed by atoms with van der Waals surface area (Å²) in [4.78, 5) is 2.44. The van der Waals surface area contributed by atoms with Crippen molar-refractivity contribution in [3.8, 4) is 5.75 Å². The summed E-state index contributed by atoms with van der Waals surface area (Å²) in [5.74, 6) is 0.816. The molecule has 1 aliphatic heterocycles. The summed E-state index contributed by atoms with van der Waals surface area (Å²) in [6, 6.07) is 8.40. The lowest BCUT2D eigenvalue weighted by molar-refractivity contribution is 0.0202. The van der Waals surface area contributed by atoms with E-state index in [-0.39, 0.29) is 0 Å². The molecular weight excluding hydrogens is 238 g/mol. The minimum atomic E-state index is -0.710. The Hall–Kier alpha value is -1.06. The second kappa shape index (κ2) is 5.93. The van der Waals surface area contributed by atoms with Crippen molar-refractivity contribution < 1.29 is 9.84 Å². The lowest BCUT2D eigenvalue weighted by Crippen LogP contribution is -2.33. The number of hydrogen-bond donors (Lipinski definition) is 1. The van der Waals surface area contributed by atoms with Crippen molar-refractivity contribution in [1.82, 2.24) is 4.90 Å². The summed E-state index contributed by atoms with van der Waals surface area (Å²) in [5.41, 5.74) is 0.274. The molecule has 3 nitrogen and oxygen atoms in total. The van der Waals surface area contributed by atoms with Crippen LogP contribution in [0.5, 0.6) is 5.75 Å². The quantitative estimate of drug-likeness (QED) is 0.910. The molecule has 0 saturated carbocycles. The standard InChI is InChI=1S/C16H25NO2/c1-13(2)17-10-5-8-16(18,9-11-17)14-6-4-7-15(12-14)19-3/h4,6-7,12-13,18H,5,8-11H2,1-3H3. The first kappa shape index (κ1) is 14.4. The third kappa shape index (κ3) is 3.28. The Morgan fingerprint density at radius 3 is 2.74 bits per heavy atom. The van der Waals surface area contributed by atoms with Crippen molar-refractivity contribution in [1.29, 1.82) is 0 Å². The number of ether oxygens (including phenoxy) is 1. The van der Waals surface area contributed by atoms with Gasteiger partial charge in [0.1, 0.15) is 5.75 Å². The van der Waals surface area contributed by atoms with E-state index in [1.165, 1.54) is 0 Å². The Morgan fingerprint density at radius 1 is 1.26 bits per heavy atom. The second-order valence-corrected chi connectivity index (χ2v) is 5.75. The van der Waals surface area contributed by atoms with Gasteiger partial charge in [0.2, 0.25) is 0 Å². The lowest BCUT2D eigenvalue weighted by atomic mass is 9.87. The van der Waals surface area contributed by atoms with Crippen LogP contribution in [0.1, 0.15) is 38.7 Å². The number of likely N-dealkylation sites (tertiary alicyclic amines) is 1. The van der Waals surface area contributed by atoms with Crippen LogP contribution in [0.2, 0.25) is 0 Å². The molecule has 0 radical (unpaired) electrons. The predicted molar refractivity (Wildman–Crippen MR) is 77.5 cm³/mol. The number of nitrogens with zero attached hydrogens (tertiary/aromatic N) is 1. The Balaban J connectivity index is 2.17. The van der Waals surface area contributed by atoms with Crippen LogP contribution in [0.3, 0.4) is 0 Å². The Bertz CT molecular complexity index is 419. The van der Waals surface area contributed by atoms with Gasteiger partial charge in [0.25, 0.3) is 0 Å². The summed E-state index contributed by atoms with van der Waals surface area (Å²) >= 11 is 0. The summed E-state index contributed by atoms with van der Waals surface area (Å²) in [7, 11) is 1.66. The van der Waals surface area contributed by atoms with E-state index in [4.69, 9.17) is 4.74 Å². The van der Waals surface area contributed by atoms with Crippen molar-refractivity contribution in [2.45, 2.75) is 44.8 Å². The number of methoxy groups -OCH3 is 1. The molecule has 0 spiro atoms. The number of hydrogen-bond acceptors (Lipinski definition) is 3. The molecule has 2 rings (SSSR count). The van der Waals surface area contributed by atoms with Crippen molar-refractivity contribution in [2.24, 2.45) is 0 Å². The average molecular weight is 263 g/mol. The van der Waals surface area contributed by atoms with E-state index in [0.29, 0.717) is 6.04 Å². The van der Waals surface area contributed by atoms with Crippen LogP contribution in [0, 0.1) is 0 Å². The molecule has 0 aromatic heterocycles. The van der Waals surface area contributed by atoms with Gasteiger partial charge in [-0.1, -0.05) is 12.1 Å². The average Bonchev–Trinajstić information content (AvgIpc) is 2.62. The highest BCUT2D eigenvalue weighted by molar-refractivity contribution is 5.32. The van der Waals surface area contributed by atoms with Gasteiger partial charge in [0.15, 0.2) is 0 Å². The monoisotopic (exact) mass is 263 g/mol. The van der Waals surface area contributed by atoms with Gasteiger partial charge in [-0.3, -0.25) is 0 Å². The Morgan fingerprint density at radius 2 is 2.05 bits per heavy atom. The molecule has 1 unspecified atom stereocenters. The number of benzene rings is 1. The van der Waals surface area contributed by atoms with Crippen molar-refractivity contribution in [3.05, 3.63) is 29.8 Å².